The molecular weight excluding hydrogens is 378 g/mol. The molecule has 0 radical (unpaired) electrons. The molecule has 0 aliphatic heterocycles. The number of nitriles is 1. The number of rotatable bonds is 4. The minimum atomic E-state index is -5.83. The van der Waals surface area contributed by atoms with Crippen molar-refractivity contribution in [1.82, 2.24) is 10.3 Å². The number of nitrogens with one attached hydrogen (secondary N) is 1. The van der Waals surface area contributed by atoms with Crippen LogP contribution in [-0.2, 0) is 16.4 Å². The molecule has 1 amide bonds. The van der Waals surface area contributed by atoms with E-state index in [0.29, 0.717) is 0 Å². The number of carbonyl (C=O) groups is 1. The summed E-state index contributed by atoms with van der Waals surface area (Å²) >= 11 is 0. The average Bonchev–Trinajstić information content (AvgIpc) is 2.59. The predicted octanol–water partition coefficient (Wildman–Crippen LogP) is 2.32. The van der Waals surface area contributed by atoms with Crippen molar-refractivity contribution >= 4 is 15.7 Å². The van der Waals surface area contributed by atoms with Crippen molar-refractivity contribution in [1.29, 1.82) is 5.26 Å². The summed E-state index contributed by atoms with van der Waals surface area (Å²) in [6, 6.07) is 7.08. The summed E-state index contributed by atoms with van der Waals surface area (Å²) in [4.78, 5) is 15.2. The van der Waals surface area contributed by atoms with Crippen molar-refractivity contribution in [3.63, 3.8) is 0 Å². The van der Waals surface area contributed by atoms with Gasteiger partial charge < -0.3 is 5.32 Å². The largest absolute Gasteiger partial charge is 0.503 e. The third kappa shape index (κ3) is 3.80. The van der Waals surface area contributed by atoms with Crippen molar-refractivity contribution in [2.45, 2.75) is 17.1 Å². The second-order valence-corrected chi connectivity index (χ2v) is 6.76. The summed E-state index contributed by atoms with van der Waals surface area (Å²) in [5, 5.41) is 9.33. The van der Waals surface area contributed by atoms with Crippen LogP contribution in [0, 0.1) is 17.1 Å². The van der Waals surface area contributed by atoms with Gasteiger partial charge in [-0.1, -0.05) is 6.07 Å². The summed E-state index contributed by atoms with van der Waals surface area (Å²) in [6.45, 7) is -0.434. The molecule has 2 rings (SSSR count). The zero-order valence-corrected chi connectivity index (χ0v) is 13.5. The maximum absolute atomic E-state index is 13.8. The van der Waals surface area contributed by atoms with Gasteiger partial charge in [-0.15, -0.1) is 0 Å². The van der Waals surface area contributed by atoms with E-state index in [1.165, 1.54) is 12.1 Å². The number of amides is 1. The van der Waals surface area contributed by atoms with Crippen LogP contribution in [0.4, 0.5) is 17.6 Å². The molecule has 0 unspecified atom stereocenters. The monoisotopic (exact) mass is 387 g/mol. The van der Waals surface area contributed by atoms with Crippen molar-refractivity contribution < 1.29 is 30.8 Å². The SMILES string of the molecule is N#Cc1ccc(CNC(=O)c2cccnc2S(=O)(=O)C(F)(F)F)c(F)c1. The second-order valence-electron chi connectivity index (χ2n) is 4.91. The van der Waals surface area contributed by atoms with E-state index in [1.807, 2.05) is 0 Å². The normalized spacial score (nSPS) is 11.7. The van der Waals surface area contributed by atoms with Crippen LogP contribution in [0.5, 0.6) is 0 Å². The summed E-state index contributed by atoms with van der Waals surface area (Å²) in [5.74, 6) is -1.98. The van der Waals surface area contributed by atoms with E-state index >= 15 is 0 Å². The van der Waals surface area contributed by atoms with E-state index in [9.17, 15) is 30.8 Å². The highest BCUT2D eigenvalue weighted by atomic mass is 32.2. The Morgan fingerprint density at radius 1 is 1.27 bits per heavy atom. The standard InChI is InChI=1S/C15H9F4N3O3S/c16-12-6-9(7-20)3-4-10(12)8-22-13(23)11-2-1-5-21-14(11)26(24,25)15(17,18)19/h1-6H,8H2,(H,22,23). The Bertz CT molecular complexity index is 998. The van der Waals surface area contributed by atoms with Gasteiger partial charge in [0.2, 0.25) is 0 Å². The van der Waals surface area contributed by atoms with E-state index in [0.717, 1.165) is 24.4 Å². The number of halogens is 4. The van der Waals surface area contributed by atoms with E-state index in [-0.39, 0.29) is 11.1 Å². The minimum absolute atomic E-state index is 0.0403. The average molecular weight is 387 g/mol. The van der Waals surface area contributed by atoms with Crippen LogP contribution >= 0.6 is 0 Å². The summed E-state index contributed by atoms with van der Waals surface area (Å²) < 4.78 is 74.9. The highest BCUT2D eigenvalue weighted by Crippen LogP contribution is 2.30. The molecule has 1 heterocycles. The number of benzene rings is 1. The topological polar surface area (TPSA) is 99.9 Å². The van der Waals surface area contributed by atoms with Crippen LogP contribution in [0.3, 0.4) is 0 Å². The van der Waals surface area contributed by atoms with Gasteiger partial charge in [-0.05, 0) is 24.3 Å². The van der Waals surface area contributed by atoms with E-state index < -0.39 is 44.2 Å². The molecule has 0 saturated heterocycles. The lowest BCUT2D eigenvalue weighted by Crippen LogP contribution is -2.30. The van der Waals surface area contributed by atoms with Gasteiger partial charge in [0.15, 0.2) is 5.03 Å². The molecule has 136 valence electrons. The van der Waals surface area contributed by atoms with Crippen molar-refractivity contribution in [2.24, 2.45) is 0 Å². The lowest BCUT2D eigenvalue weighted by Gasteiger charge is -2.12. The molecule has 0 saturated carbocycles. The smallest absolute Gasteiger partial charge is 0.348 e. The summed E-state index contributed by atoms with van der Waals surface area (Å²) in [7, 11) is -5.83. The highest BCUT2D eigenvalue weighted by Gasteiger charge is 2.49. The lowest BCUT2D eigenvalue weighted by atomic mass is 10.1. The quantitative estimate of drug-likeness (QED) is 0.812. The first-order valence-corrected chi connectivity index (χ1v) is 8.29. The lowest BCUT2D eigenvalue weighted by molar-refractivity contribution is -0.0438. The fourth-order valence-corrected chi connectivity index (χ4v) is 2.79. The van der Waals surface area contributed by atoms with Gasteiger partial charge in [-0.3, -0.25) is 4.79 Å². The maximum atomic E-state index is 13.8. The molecular formula is C15H9F4N3O3S. The van der Waals surface area contributed by atoms with Crippen molar-refractivity contribution in [3.05, 3.63) is 59.0 Å². The summed E-state index contributed by atoms with van der Waals surface area (Å²) in [6.07, 6.45) is 0.801. The van der Waals surface area contributed by atoms with Gasteiger partial charge >= 0.3 is 5.51 Å². The number of pyridine rings is 1. The van der Waals surface area contributed by atoms with E-state index in [4.69, 9.17) is 5.26 Å². The Labute approximate surface area is 145 Å². The van der Waals surface area contributed by atoms with Gasteiger partial charge in [0.1, 0.15) is 5.82 Å². The Kier molecular flexibility index (Phi) is 5.27. The molecule has 0 fully saturated rings. The number of nitrogens with zero attached hydrogens (tertiary/aromatic N) is 2. The van der Waals surface area contributed by atoms with E-state index in [1.54, 1.807) is 6.07 Å². The van der Waals surface area contributed by atoms with Gasteiger partial charge in [0.25, 0.3) is 15.7 Å². The van der Waals surface area contributed by atoms with Crippen LogP contribution in [0.2, 0.25) is 0 Å². The summed E-state index contributed by atoms with van der Waals surface area (Å²) in [5.41, 5.74) is -6.45. The van der Waals surface area contributed by atoms with Crippen LogP contribution < -0.4 is 5.32 Å². The van der Waals surface area contributed by atoms with Gasteiger partial charge in [-0.2, -0.15) is 18.4 Å². The van der Waals surface area contributed by atoms with Crippen LogP contribution in [0.15, 0.2) is 41.6 Å². The van der Waals surface area contributed by atoms with Crippen LogP contribution in [-0.4, -0.2) is 24.8 Å². The van der Waals surface area contributed by atoms with Gasteiger partial charge in [0, 0.05) is 18.3 Å². The highest BCUT2D eigenvalue weighted by molar-refractivity contribution is 7.92. The molecule has 0 aliphatic rings. The molecule has 26 heavy (non-hydrogen) atoms. The fraction of sp³-hybridized carbons (Fsp3) is 0.133. The first-order valence-electron chi connectivity index (χ1n) is 6.81. The van der Waals surface area contributed by atoms with Crippen LogP contribution in [0.1, 0.15) is 21.5 Å². The van der Waals surface area contributed by atoms with E-state index in [2.05, 4.69) is 10.3 Å². The molecule has 1 aromatic carbocycles. The molecule has 0 spiro atoms. The first kappa shape index (κ1) is 19.3. The molecule has 2 aromatic rings. The molecule has 1 aromatic heterocycles. The molecule has 1 N–H and O–H groups in total. The predicted molar refractivity (Wildman–Crippen MR) is 79.8 cm³/mol. The molecule has 0 atom stereocenters. The minimum Gasteiger partial charge on any atom is -0.348 e. The molecule has 11 heteroatoms. The number of hydrogen-bond acceptors (Lipinski definition) is 5. The first-order chi connectivity index (χ1) is 12.1. The third-order valence-electron chi connectivity index (χ3n) is 3.20. The number of sulfone groups is 1. The second kappa shape index (κ2) is 7.09. The Morgan fingerprint density at radius 2 is 1.96 bits per heavy atom. The van der Waals surface area contributed by atoms with Crippen molar-refractivity contribution in [3.8, 4) is 6.07 Å². The molecule has 6 nitrogen and oxygen atoms in total. The Balaban J connectivity index is 2.28. The number of carbonyl (C=O) groups excluding carboxylic acids is 1. The Hall–Kier alpha value is -3.00. The number of hydrogen-bond donors (Lipinski definition) is 1. The number of alkyl halides is 3. The van der Waals surface area contributed by atoms with Crippen LogP contribution in [0.25, 0.3) is 0 Å². The molecule has 0 aliphatic carbocycles. The molecule has 0 bridgehead atoms. The number of aromatic nitrogens is 1. The zero-order chi connectivity index (χ0) is 19.5. The third-order valence-corrected chi connectivity index (χ3v) is 4.64. The van der Waals surface area contributed by atoms with Gasteiger partial charge in [0.05, 0.1) is 17.2 Å². The Morgan fingerprint density at radius 3 is 2.54 bits per heavy atom. The maximum Gasteiger partial charge on any atom is 0.503 e. The zero-order valence-electron chi connectivity index (χ0n) is 12.7. The fourth-order valence-electron chi connectivity index (χ4n) is 1.92. The van der Waals surface area contributed by atoms with Crippen molar-refractivity contribution in [2.75, 3.05) is 0 Å². The van der Waals surface area contributed by atoms with Gasteiger partial charge in [-0.25, -0.2) is 17.8 Å².